The molecule has 1 aromatic rings. The molecule has 0 aliphatic carbocycles. The summed E-state index contributed by atoms with van der Waals surface area (Å²) in [6.45, 7) is 2.05. The Kier molecular flexibility index (Phi) is 5.49. The molecule has 0 spiro atoms. The summed E-state index contributed by atoms with van der Waals surface area (Å²) in [4.78, 5) is 13.7. The van der Waals surface area contributed by atoms with Crippen molar-refractivity contribution in [3.63, 3.8) is 0 Å². The van der Waals surface area contributed by atoms with E-state index in [1.54, 1.807) is 0 Å². The van der Waals surface area contributed by atoms with Crippen molar-refractivity contribution in [2.45, 2.75) is 0 Å². The highest BCUT2D eigenvalue weighted by Crippen LogP contribution is 2.08. The second kappa shape index (κ2) is 7.35. The molecule has 20 heavy (non-hydrogen) atoms. The third-order valence-corrected chi connectivity index (χ3v) is 3.77. The average Bonchev–Trinajstić information content (AvgIpc) is 2.42. The lowest BCUT2D eigenvalue weighted by Gasteiger charge is -2.24. The van der Waals surface area contributed by atoms with Crippen molar-refractivity contribution in [2.75, 3.05) is 31.1 Å². The van der Waals surface area contributed by atoms with Gasteiger partial charge in [-0.1, -0.05) is 0 Å². The third kappa shape index (κ3) is 4.57. The van der Waals surface area contributed by atoms with E-state index < -0.39 is 11.6 Å². The van der Waals surface area contributed by atoms with E-state index in [4.69, 9.17) is 0 Å². The topological polar surface area (TPSA) is 44.7 Å². The normalized spacial score (nSPS) is 16.5. The van der Waals surface area contributed by atoms with Gasteiger partial charge in [0.25, 0.3) is 5.91 Å². The van der Waals surface area contributed by atoms with Gasteiger partial charge in [0.15, 0.2) is 0 Å². The maximum atomic E-state index is 13.3. The lowest BCUT2D eigenvalue weighted by Crippen LogP contribution is -2.40. The summed E-state index contributed by atoms with van der Waals surface area (Å²) in [5, 5.41) is 3.68. The van der Waals surface area contributed by atoms with Crippen LogP contribution in [0.2, 0.25) is 0 Å². The number of benzene rings is 1. The van der Waals surface area contributed by atoms with E-state index in [1.165, 1.54) is 12.3 Å². The van der Waals surface area contributed by atoms with Crippen LogP contribution in [0.15, 0.2) is 23.3 Å². The molecule has 1 amide bonds. The van der Waals surface area contributed by atoms with Gasteiger partial charge >= 0.3 is 0 Å². The minimum absolute atomic E-state index is 0.126. The summed E-state index contributed by atoms with van der Waals surface area (Å²) in [6, 6.07) is 3.18. The van der Waals surface area contributed by atoms with Crippen LogP contribution in [-0.2, 0) is 4.79 Å². The molecule has 1 aliphatic rings. The Morgan fingerprint density at radius 3 is 2.85 bits per heavy atom. The molecule has 7 heteroatoms. The minimum atomic E-state index is -0.712. The van der Waals surface area contributed by atoms with Crippen LogP contribution < -0.4 is 5.43 Å². The number of thioether (sulfide) groups is 1. The Hall–Kier alpha value is -1.47. The fourth-order valence-electron chi connectivity index (χ4n) is 1.78. The Morgan fingerprint density at radius 1 is 1.40 bits per heavy atom. The monoisotopic (exact) mass is 299 g/mol. The number of rotatable bonds is 4. The van der Waals surface area contributed by atoms with E-state index in [2.05, 4.69) is 10.5 Å². The van der Waals surface area contributed by atoms with Gasteiger partial charge in [-0.3, -0.25) is 9.69 Å². The van der Waals surface area contributed by atoms with Gasteiger partial charge in [-0.2, -0.15) is 16.9 Å². The number of carbonyl (C=O) groups is 1. The first kappa shape index (κ1) is 14.9. The number of amides is 1. The summed E-state index contributed by atoms with van der Waals surface area (Å²) >= 11 is 1.87. The summed E-state index contributed by atoms with van der Waals surface area (Å²) in [5.74, 6) is 0.452. The fraction of sp³-hybridized carbons (Fsp3) is 0.385. The van der Waals surface area contributed by atoms with Crippen molar-refractivity contribution in [3.8, 4) is 0 Å². The van der Waals surface area contributed by atoms with Crippen LogP contribution in [0.3, 0.4) is 0 Å². The second-order valence-corrected chi connectivity index (χ2v) is 5.57. The first-order valence-corrected chi connectivity index (χ1v) is 7.37. The maximum absolute atomic E-state index is 13.3. The molecule has 1 N–H and O–H groups in total. The van der Waals surface area contributed by atoms with Gasteiger partial charge in [0, 0.05) is 36.2 Å². The highest BCUT2D eigenvalue weighted by Gasteiger charge is 2.13. The quantitative estimate of drug-likeness (QED) is 0.676. The van der Waals surface area contributed by atoms with E-state index in [0.29, 0.717) is 0 Å². The van der Waals surface area contributed by atoms with Crippen LogP contribution in [0.1, 0.15) is 5.56 Å². The molecule has 1 aliphatic heterocycles. The van der Waals surface area contributed by atoms with E-state index >= 15 is 0 Å². The Morgan fingerprint density at radius 2 is 2.15 bits per heavy atom. The van der Waals surface area contributed by atoms with E-state index in [-0.39, 0.29) is 18.0 Å². The zero-order chi connectivity index (χ0) is 14.4. The lowest BCUT2D eigenvalue weighted by molar-refractivity contribution is -0.122. The number of halogens is 2. The predicted octanol–water partition coefficient (Wildman–Crippen LogP) is 1.46. The third-order valence-electron chi connectivity index (χ3n) is 2.83. The fourth-order valence-corrected chi connectivity index (χ4v) is 2.76. The highest BCUT2D eigenvalue weighted by atomic mass is 32.2. The number of hydrogen-bond donors (Lipinski definition) is 1. The molecule has 1 aromatic carbocycles. The predicted molar refractivity (Wildman–Crippen MR) is 75.9 cm³/mol. The standard InChI is InChI=1S/C13H15F2N3OS/c14-11-2-1-10(12(15)7-11)8-16-17-13(19)9-18-3-5-20-6-4-18/h1-2,7-8H,3-6,9H2,(H,17,19)/b16-8-. The zero-order valence-corrected chi connectivity index (χ0v) is 11.6. The molecule has 108 valence electrons. The number of nitrogens with one attached hydrogen (secondary N) is 1. The highest BCUT2D eigenvalue weighted by molar-refractivity contribution is 7.99. The molecule has 4 nitrogen and oxygen atoms in total. The van der Waals surface area contributed by atoms with Crippen molar-refractivity contribution < 1.29 is 13.6 Å². The van der Waals surface area contributed by atoms with Crippen molar-refractivity contribution in [3.05, 3.63) is 35.4 Å². The Bertz CT molecular complexity index is 504. The van der Waals surface area contributed by atoms with Crippen LogP contribution in [0.5, 0.6) is 0 Å². The van der Waals surface area contributed by atoms with Crippen molar-refractivity contribution in [1.29, 1.82) is 0 Å². The largest absolute Gasteiger partial charge is 0.293 e. The van der Waals surface area contributed by atoms with Gasteiger partial charge in [0.05, 0.1) is 12.8 Å². The molecule has 1 saturated heterocycles. The number of carbonyl (C=O) groups excluding carboxylic acids is 1. The molecule has 0 radical (unpaired) electrons. The summed E-state index contributed by atoms with van der Waals surface area (Å²) in [7, 11) is 0. The van der Waals surface area contributed by atoms with Crippen LogP contribution >= 0.6 is 11.8 Å². The minimum Gasteiger partial charge on any atom is -0.293 e. The molecule has 0 unspecified atom stereocenters. The van der Waals surface area contributed by atoms with Gasteiger partial charge < -0.3 is 0 Å². The second-order valence-electron chi connectivity index (χ2n) is 4.35. The lowest BCUT2D eigenvalue weighted by atomic mass is 10.2. The van der Waals surface area contributed by atoms with Gasteiger partial charge in [-0.05, 0) is 12.1 Å². The molecule has 1 fully saturated rings. The SMILES string of the molecule is O=C(CN1CCSCC1)N/N=C\c1ccc(F)cc1F. The molecule has 1 heterocycles. The van der Waals surface area contributed by atoms with Gasteiger partial charge in [0.2, 0.25) is 0 Å². The molecule has 0 aromatic heterocycles. The van der Waals surface area contributed by atoms with E-state index in [9.17, 15) is 13.6 Å². The van der Waals surface area contributed by atoms with Crippen LogP contribution in [-0.4, -0.2) is 48.2 Å². The van der Waals surface area contributed by atoms with Crippen LogP contribution in [0.4, 0.5) is 8.78 Å². The molecule has 2 rings (SSSR count). The number of hydrazone groups is 1. The summed E-state index contributed by atoms with van der Waals surface area (Å²) in [6.07, 6.45) is 1.17. The first-order valence-electron chi connectivity index (χ1n) is 6.22. The smallest absolute Gasteiger partial charge is 0.254 e. The molecular weight excluding hydrogens is 284 g/mol. The number of nitrogens with zero attached hydrogens (tertiary/aromatic N) is 2. The summed E-state index contributed by atoms with van der Waals surface area (Å²) in [5.41, 5.74) is 2.47. The number of hydrogen-bond acceptors (Lipinski definition) is 4. The molecule has 0 saturated carbocycles. The average molecular weight is 299 g/mol. The summed E-state index contributed by atoms with van der Waals surface area (Å²) < 4.78 is 26.0. The molecular formula is C13H15F2N3OS. The first-order chi connectivity index (χ1) is 9.65. The molecule has 0 bridgehead atoms. The van der Waals surface area contributed by atoms with Crippen LogP contribution in [0.25, 0.3) is 0 Å². The molecule has 0 atom stereocenters. The Balaban J connectivity index is 1.81. The van der Waals surface area contributed by atoms with E-state index in [0.717, 1.165) is 36.7 Å². The van der Waals surface area contributed by atoms with Gasteiger partial charge in [0.1, 0.15) is 11.6 Å². The van der Waals surface area contributed by atoms with Crippen molar-refractivity contribution in [1.82, 2.24) is 10.3 Å². The van der Waals surface area contributed by atoms with Crippen molar-refractivity contribution >= 4 is 23.9 Å². The van der Waals surface area contributed by atoms with Crippen LogP contribution in [0, 0.1) is 11.6 Å². The maximum Gasteiger partial charge on any atom is 0.254 e. The Labute approximate surface area is 120 Å². The van der Waals surface area contributed by atoms with Gasteiger partial charge in [-0.25, -0.2) is 14.2 Å². The van der Waals surface area contributed by atoms with E-state index in [1.807, 2.05) is 16.7 Å². The van der Waals surface area contributed by atoms with Gasteiger partial charge in [-0.15, -0.1) is 0 Å². The zero-order valence-electron chi connectivity index (χ0n) is 10.8. The van der Waals surface area contributed by atoms with Crippen molar-refractivity contribution in [2.24, 2.45) is 5.10 Å².